The third kappa shape index (κ3) is 1.68. The second kappa shape index (κ2) is 3.37. The van der Waals surface area contributed by atoms with E-state index in [0.29, 0.717) is 11.4 Å². The molecule has 5 heteroatoms. The lowest BCUT2D eigenvalue weighted by molar-refractivity contribution is -0.135. The lowest BCUT2D eigenvalue weighted by atomic mass is 10.2. The smallest absolute Gasteiger partial charge is 0.323 e. The van der Waals surface area contributed by atoms with Crippen LogP contribution in [0.25, 0.3) is 0 Å². The van der Waals surface area contributed by atoms with Crippen molar-refractivity contribution < 1.29 is 14.3 Å². The summed E-state index contributed by atoms with van der Waals surface area (Å²) in [4.78, 5) is 12.5. The maximum absolute atomic E-state index is 13.0. The lowest BCUT2D eigenvalue weighted by Gasteiger charge is -2.32. The summed E-state index contributed by atoms with van der Waals surface area (Å²) in [5, 5.41) is 11.9. The van der Waals surface area contributed by atoms with Crippen molar-refractivity contribution in [2.45, 2.75) is 19.5 Å². The molecule has 0 aromatic heterocycles. The van der Waals surface area contributed by atoms with Gasteiger partial charge in [0.25, 0.3) is 0 Å². The van der Waals surface area contributed by atoms with Gasteiger partial charge in [0.2, 0.25) is 0 Å². The van der Waals surface area contributed by atoms with Gasteiger partial charge in [0.15, 0.2) is 0 Å². The fourth-order valence-corrected chi connectivity index (χ4v) is 1.96. The van der Waals surface area contributed by atoms with E-state index in [1.165, 1.54) is 12.1 Å². The van der Waals surface area contributed by atoms with Crippen molar-refractivity contribution in [3.8, 4) is 0 Å². The number of carboxylic acid groups (broad SMARTS) is 1. The third-order valence-electron chi connectivity index (χ3n) is 2.66. The Kier molecular flexibility index (Phi) is 2.26. The molecule has 2 N–H and O–H groups in total. The molecule has 1 heterocycles. The Morgan fingerprint density at radius 3 is 2.88 bits per heavy atom. The molecule has 16 heavy (non-hydrogen) atoms. The van der Waals surface area contributed by atoms with Gasteiger partial charge in [-0.3, -0.25) is 4.79 Å². The summed E-state index contributed by atoms with van der Waals surface area (Å²) in [6, 6.07) is 4.30. The molecule has 0 saturated heterocycles. The van der Waals surface area contributed by atoms with Gasteiger partial charge in [-0.25, -0.2) is 4.39 Å². The fraction of sp³-hybridized carbons (Fsp3) is 0.364. The Morgan fingerprint density at radius 1 is 1.56 bits per heavy atom. The molecule has 4 nitrogen and oxygen atoms in total. The quantitative estimate of drug-likeness (QED) is 0.805. The largest absolute Gasteiger partial charge is 0.480 e. The monoisotopic (exact) mass is 224 g/mol. The van der Waals surface area contributed by atoms with E-state index in [-0.39, 0.29) is 12.4 Å². The molecule has 0 fully saturated rings. The first kappa shape index (κ1) is 10.7. The number of hydrogen-bond donors (Lipinski definition) is 2. The Labute approximate surface area is 92.7 Å². The van der Waals surface area contributed by atoms with Gasteiger partial charge in [-0.15, -0.1) is 0 Å². The fourth-order valence-electron chi connectivity index (χ4n) is 1.96. The van der Waals surface area contributed by atoms with Crippen LogP contribution in [0.15, 0.2) is 18.2 Å². The summed E-state index contributed by atoms with van der Waals surface area (Å²) in [6.45, 7) is 3.60. The normalized spacial score (nSPS) is 16.8. The van der Waals surface area contributed by atoms with Crippen LogP contribution in [0.2, 0.25) is 0 Å². The molecule has 0 spiro atoms. The van der Waals surface area contributed by atoms with Gasteiger partial charge in [0.05, 0.1) is 11.4 Å². The van der Waals surface area contributed by atoms with Crippen LogP contribution in [0, 0.1) is 5.82 Å². The van der Waals surface area contributed by atoms with Gasteiger partial charge in [-0.05, 0) is 32.0 Å². The number of carboxylic acids is 1. The van der Waals surface area contributed by atoms with E-state index in [1.807, 2.05) is 13.8 Å². The molecule has 1 aliphatic rings. The van der Waals surface area contributed by atoms with Gasteiger partial charge in [-0.2, -0.15) is 0 Å². The molecule has 1 aromatic carbocycles. The number of hydrogen-bond acceptors (Lipinski definition) is 3. The van der Waals surface area contributed by atoms with Crippen molar-refractivity contribution in [1.29, 1.82) is 0 Å². The Bertz CT molecular complexity index is 446. The number of benzene rings is 1. The van der Waals surface area contributed by atoms with E-state index < -0.39 is 11.6 Å². The highest BCUT2D eigenvalue weighted by Gasteiger charge is 2.36. The summed E-state index contributed by atoms with van der Waals surface area (Å²) in [5.74, 6) is -1.24. The predicted octanol–water partition coefficient (Wildman–Crippen LogP) is 1.88. The second-order valence-electron chi connectivity index (χ2n) is 4.33. The lowest BCUT2D eigenvalue weighted by Crippen LogP contribution is -2.47. The first-order valence-corrected chi connectivity index (χ1v) is 4.97. The highest BCUT2D eigenvalue weighted by molar-refractivity contribution is 5.83. The predicted molar refractivity (Wildman–Crippen MR) is 59.1 cm³/mol. The summed E-state index contributed by atoms with van der Waals surface area (Å²) in [5.41, 5.74) is 0.828. The summed E-state index contributed by atoms with van der Waals surface area (Å²) >= 11 is 0. The molecule has 0 unspecified atom stereocenters. The Balaban J connectivity index is 2.41. The maximum atomic E-state index is 13.0. The van der Waals surface area contributed by atoms with Crippen LogP contribution in [-0.4, -0.2) is 23.3 Å². The number of aliphatic carboxylic acids is 1. The van der Waals surface area contributed by atoms with Gasteiger partial charge in [0, 0.05) is 0 Å². The van der Waals surface area contributed by atoms with Gasteiger partial charge in [0.1, 0.15) is 18.0 Å². The van der Waals surface area contributed by atoms with Crippen LogP contribution in [-0.2, 0) is 4.79 Å². The zero-order valence-corrected chi connectivity index (χ0v) is 9.12. The van der Waals surface area contributed by atoms with Crippen molar-refractivity contribution >= 4 is 17.3 Å². The molecule has 86 valence electrons. The summed E-state index contributed by atoms with van der Waals surface area (Å²) in [6.07, 6.45) is 0. The van der Waals surface area contributed by atoms with Crippen LogP contribution in [0.3, 0.4) is 0 Å². The topological polar surface area (TPSA) is 52.6 Å². The molecule has 0 atom stereocenters. The summed E-state index contributed by atoms with van der Waals surface area (Å²) < 4.78 is 13.0. The number of fused-ring (bicyclic) bond motifs is 1. The SMILES string of the molecule is CC1(C)Nc2cc(F)ccc2N1CC(=O)O. The molecule has 1 aliphatic heterocycles. The minimum Gasteiger partial charge on any atom is -0.480 e. The van der Waals surface area contributed by atoms with E-state index in [0.717, 1.165) is 0 Å². The molecular formula is C11H13FN2O2. The van der Waals surface area contributed by atoms with Crippen molar-refractivity contribution in [1.82, 2.24) is 0 Å². The molecule has 0 aliphatic carbocycles. The Hall–Kier alpha value is -1.78. The number of carbonyl (C=O) groups is 1. The highest BCUT2D eigenvalue weighted by atomic mass is 19.1. The first-order chi connectivity index (χ1) is 7.40. The molecule has 0 saturated carbocycles. The van der Waals surface area contributed by atoms with Crippen LogP contribution >= 0.6 is 0 Å². The van der Waals surface area contributed by atoms with Gasteiger partial charge < -0.3 is 15.3 Å². The van der Waals surface area contributed by atoms with E-state index in [2.05, 4.69) is 5.32 Å². The third-order valence-corrected chi connectivity index (χ3v) is 2.66. The van der Waals surface area contributed by atoms with Crippen LogP contribution in [0.5, 0.6) is 0 Å². The molecule has 0 bridgehead atoms. The van der Waals surface area contributed by atoms with Crippen LogP contribution in [0.4, 0.5) is 15.8 Å². The minimum absolute atomic E-state index is 0.112. The van der Waals surface area contributed by atoms with E-state index >= 15 is 0 Å². The average molecular weight is 224 g/mol. The standard InChI is InChI=1S/C11H13FN2O2/c1-11(2)13-8-5-7(12)3-4-9(8)14(11)6-10(15)16/h3-5,13H,6H2,1-2H3,(H,15,16). The average Bonchev–Trinajstić information content (AvgIpc) is 2.36. The number of halogens is 1. The first-order valence-electron chi connectivity index (χ1n) is 4.97. The van der Waals surface area contributed by atoms with Crippen molar-refractivity contribution in [2.24, 2.45) is 0 Å². The highest BCUT2D eigenvalue weighted by Crippen LogP contribution is 2.39. The van der Waals surface area contributed by atoms with E-state index in [9.17, 15) is 9.18 Å². The van der Waals surface area contributed by atoms with E-state index in [1.54, 1.807) is 11.0 Å². The summed E-state index contributed by atoms with van der Waals surface area (Å²) in [7, 11) is 0. The molecular weight excluding hydrogens is 211 g/mol. The minimum atomic E-state index is -0.910. The van der Waals surface area contributed by atoms with Gasteiger partial charge >= 0.3 is 5.97 Å². The number of nitrogens with one attached hydrogen (secondary N) is 1. The number of anilines is 2. The zero-order valence-electron chi connectivity index (χ0n) is 9.12. The Morgan fingerprint density at radius 2 is 2.25 bits per heavy atom. The van der Waals surface area contributed by atoms with Crippen molar-refractivity contribution in [3.05, 3.63) is 24.0 Å². The van der Waals surface area contributed by atoms with Gasteiger partial charge in [-0.1, -0.05) is 0 Å². The second-order valence-corrected chi connectivity index (χ2v) is 4.33. The van der Waals surface area contributed by atoms with Crippen LogP contribution < -0.4 is 10.2 Å². The van der Waals surface area contributed by atoms with Crippen molar-refractivity contribution in [2.75, 3.05) is 16.8 Å². The number of nitrogens with zero attached hydrogens (tertiary/aromatic N) is 1. The van der Waals surface area contributed by atoms with E-state index in [4.69, 9.17) is 5.11 Å². The number of rotatable bonds is 2. The molecule has 0 amide bonds. The van der Waals surface area contributed by atoms with Crippen LogP contribution in [0.1, 0.15) is 13.8 Å². The molecule has 2 rings (SSSR count). The van der Waals surface area contributed by atoms with Crippen molar-refractivity contribution in [3.63, 3.8) is 0 Å². The molecule has 0 radical (unpaired) electrons. The maximum Gasteiger partial charge on any atom is 0.323 e. The molecule has 1 aromatic rings. The zero-order chi connectivity index (χ0) is 11.9.